The third-order valence-corrected chi connectivity index (χ3v) is 2.97. The standard InChI is InChI=1S/C11H24O3/c1-6-9(7-2)11(3,12)8-10(13-4)14-5/h9-10,12H,6-8H2,1-5H3. The van der Waals surface area contributed by atoms with Gasteiger partial charge in [0.15, 0.2) is 6.29 Å². The Morgan fingerprint density at radius 3 is 1.86 bits per heavy atom. The molecule has 1 atom stereocenters. The van der Waals surface area contributed by atoms with Crippen LogP contribution >= 0.6 is 0 Å². The van der Waals surface area contributed by atoms with Gasteiger partial charge in [-0.25, -0.2) is 0 Å². The maximum Gasteiger partial charge on any atom is 0.159 e. The molecule has 0 aromatic rings. The molecule has 0 aliphatic heterocycles. The van der Waals surface area contributed by atoms with Crippen LogP contribution in [0.5, 0.6) is 0 Å². The predicted molar refractivity (Wildman–Crippen MR) is 57.1 cm³/mol. The van der Waals surface area contributed by atoms with Crippen LogP contribution in [0.1, 0.15) is 40.0 Å². The SMILES string of the molecule is CCC(CC)C(C)(O)CC(OC)OC. The summed E-state index contributed by atoms with van der Waals surface area (Å²) in [7, 11) is 3.19. The Hall–Kier alpha value is -0.120. The molecule has 0 heterocycles. The van der Waals surface area contributed by atoms with Gasteiger partial charge < -0.3 is 14.6 Å². The largest absolute Gasteiger partial charge is 0.390 e. The van der Waals surface area contributed by atoms with E-state index in [-0.39, 0.29) is 6.29 Å². The average Bonchev–Trinajstić information content (AvgIpc) is 2.15. The van der Waals surface area contributed by atoms with Crippen LogP contribution in [0, 0.1) is 5.92 Å². The summed E-state index contributed by atoms with van der Waals surface area (Å²) in [6, 6.07) is 0. The van der Waals surface area contributed by atoms with E-state index in [2.05, 4.69) is 13.8 Å². The summed E-state index contributed by atoms with van der Waals surface area (Å²) in [5.74, 6) is 0.301. The fourth-order valence-corrected chi connectivity index (χ4v) is 1.94. The van der Waals surface area contributed by atoms with Crippen molar-refractivity contribution >= 4 is 0 Å². The highest BCUT2D eigenvalue weighted by molar-refractivity contribution is 4.81. The van der Waals surface area contributed by atoms with Crippen LogP contribution in [-0.4, -0.2) is 31.2 Å². The van der Waals surface area contributed by atoms with Crippen LogP contribution < -0.4 is 0 Å². The molecule has 0 aliphatic rings. The number of ether oxygens (including phenoxy) is 2. The average molecular weight is 204 g/mol. The van der Waals surface area contributed by atoms with Crippen molar-refractivity contribution in [2.45, 2.75) is 51.9 Å². The van der Waals surface area contributed by atoms with E-state index in [1.54, 1.807) is 14.2 Å². The summed E-state index contributed by atoms with van der Waals surface area (Å²) in [5, 5.41) is 10.2. The minimum Gasteiger partial charge on any atom is -0.390 e. The van der Waals surface area contributed by atoms with Gasteiger partial charge in [0, 0.05) is 20.6 Å². The number of aliphatic hydroxyl groups is 1. The highest BCUT2D eigenvalue weighted by atomic mass is 16.7. The minimum atomic E-state index is -0.708. The van der Waals surface area contributed by atoms with Gasteiger partial charge in [0.05, 0.1) is 5.60 Å². The smallest absolute Gasteiger partial charge is 0.159 e. The molecule has 86 valence electrons. The van der Waals surface area contributed by atoms with E-state index >= 15 is 0 Å². The number of methoxy groups -OCH3 is 2. The first kappa shape index (κ1) is 13.9. The third kappa shape index (κ3) is 3.95. The number of hydrogen-bond acceptors (Lipinski definition) is 3. The summed E-state index contributed by atoms with van der Waals surface area (Å²) in [6.45, 7) is 6.05. The summed E-state index contributed by atoms with van der Waals surface area (Å²) in [6.07, 6.45) is 2.16. The fourth-order valence-electron chi connectivity index (χ4n) is 1.94. The van der Waals surface area contributed by atoms with E-state index < -0.39 is 5.60 Å². The summed E-state index contributed by atoms with van der Waals surface area (Å²) < 4.78 is 10.2. The van der Waals surface area contributed by atoms with Crippen molar-refractivity contribution in [1.29, 1.82) is 0 Å². The Morgan fingerprint density at radius 2 is 1.57 bits per heavy atom. The van der Waals surface area contributed by atoms with Gasteiger partial charge in [-0.15, -0.1) is 0 Å². The first-order valence-electron chi connectivity index (χ1n) is 5.29. The Morgan fingerprint density at radius 1 is 1.14 bits per heavy atom. The van der Waals surface area contributed by atoms with Crippen LogP contribution in [0.3, 0.4) is 0 Å². The van der Waals surface area contributed by atoms with Crippen LogP contribution in [-0.2, 0) is 9.47 Å². The maximum atomic E-state index is 10.2. The van der Waals surface area contributed by atoms with Gasteiger partial charge in [-0.2, -0.15) is 0 Å². The molecule has 0 aliphatic carbocycles. The summed E-state index contributed by atoms with van der Waals surface area (Å²) in [4.78, 5) is 0. The Balaban J connectivity index is 4.28. The zero-order valence-electron chi connectivity index (χ0n) is 10.0. The van der Waals surface area contributed by atoms with Gasteiger partial charge in [0.2, 0.25) is 0 Å². The Bertz CT molecular complexity index is 137. The van der Waals surface area contributed by atoms with Gasteiger partial charge >= 0.3 is 0 Å². The second-order valence-corrected chi connectivity index (χ2v) is 3.98. The Kier molecular flexibility index (Phi) is 6.33. The Labute approximate surface area is 87.4 Å². The quantitative estimate of drug-likeness (QED) is 0.646. The molecule has 0 fully saturated rings. The van der Waals surface area contributed by atoms with Crippen molar-refractivity contribution in [1.82, 2.24) is 0 Å². The first-order valence-corrected chi connectivity index (χ1v) is 5.29. The summed E-state index contributed by atoms with van der Waals surface area (Å²) >= 11 is 0. The molecular formula is C11H24O3. The van der Waals surface area contributed by atoms with E-state index in [1.807, 2.05) is 6.92 Å². The van der Waals surface area contributed by atoms with Gasteiger partial charge in [0.25, 0.3) is 0 Å². The van der Waals surface area contributed by atoms with E-state index in [0.29, 0.717) is 12.3 Å². The fraction of sp³-hybridized carbons (Fsp3) is 1.00. The van der Waals surface area contributed by atoms with E-state index in [9.17, 15) is 5.11 Å². The molecule has 0 spiro atoms. The lowest BCUT2D eigenvalue weighted by Crippen LogP contribution is -2.38. The van der Waals surface area contributed by atoms with Crippen molar-refractivity contribution < 1.29 is 14.6 Å². The number of rotatable bonds is 7. The molecule has 0 aromatic carbocycles. The van der Waals surface area contributed by atoms with E-state index in [1.165, 1.54) is 0 Å². The molecule has 14 heavy (non-hydrogen) atoms. The van der Waals surface area contributed by atoms with Gasteiger partial charge in [0.1, 0.15) is 0 Å². The van der Waals surface area contributed by atoms with E-state index in [4.69, 9.17) is 9.47 Å². The highest BCUT2D eigenvalue weighted by Gasteiger charge is 2.32. The predicted octanol–water partition coefficient (Wildman–Crippen LogP) is 2.18. The minimum absolute atomic E-state index is 0.301. The monoisotopic (exact) mass is 204 g/mol. The normalized spacial score (nSPS) is 16.3. The van der Waals surface area contributed by atoms with Crippen molar-refractivity contribution in [3.05, 3.63) is 0 Å². The lowest BCUT2D eigenvalue weighted by molar-refractivity contribution is -0.152. The molecule has 0 amide bonds. The van der Waals surface area contributed by atoms with Crippen LogP contribution in [0.15, 0.2) is 0 Å². The van der Waals surface area contributed by atoms with Crippen molar-refractivity contribution in [2.75, 3.05) is 14.2 Å². The zero-order chi connectivity index (χ0) is 11.2. The first-order chi connectivity index (χ1) is 6.51. The van der Waals surface area contributed by atoms with Gasteiger partial charge in [-0.3, -0.25) is 0 Å². The molecular weight excluding hydrogens is 180 g/mol. The molecule has 0 saturated heterocycles. The molecule has 0 aromatic heterocycles. The highest BCUT2D eigenvalue weighted by Crippen LogP contribution is 2.28. The zero-order valence-corrected chi connectivity index (χ0v) is 10.0. The van der Waals surface area contributed by atoms with Crippen molar-refractivity contribution in [3.63, 3.8) is 0 Å². The second-order valence-electron chi connectivity index (χ2n) is 3.98. The van der Waals surface area contributed by atoms with Gasteiger partial charge in [-0.05, 0) is 12.8 Å². The molecule has 0 rings (SSSR count). The lowest BCUT2D eigenvalue weighted by Gasteiger charge is -2.33. The molecule has 0 saturated carbocycles. The van der Waals surface area contributed by atoms with Crippen LogP contribution in [0.2, 0.25) is 0 Å². The molecule has 0 bridgehead atoms. The van der Waals surface area contributed by atoms with Crippen molar-refractivity contribution in [3.8, 4) is 0 Å². The topological polar surface area (TPSA) is 38.7 Å². The summed E-state index contributed by atoms with van der Waals surface area (Å²) in [5.41, 5.74) is -0.708. The number of hydrogen-bond donors (Lipinski definition) is 1. The third-order valence-electron chi connectivity index (χ3n) is 2.97. The lowest BCUT2D eigenvalue weighted by atomic mass is 9.82. The molecule has 1 N–H and O–H groups in total. The maximum absolute atomic E-state index is 10.2. The van der Waals surface area contributed by atoms with Crippen molar-refractivity contribution in [2.24, 2.45) is 5.92 Å². The van der Waals surface area contributed by atoms with Crippen LogP contribution in [0.4, 0.5) is 0 Å². The molecule has 3 nitrogen and oxygen atoms in total. The van der Waals surface area contributed by atoms with E-state index in [0.717, 1.165) is 12.8 Å². The second kappa shape index (κ2) is 6.38. The molecule has 1 unspecified atom stereocenters. The molecule has 3 heteroatoms. The molecule has 0 radical (unpaired) electrons. The van der Waals surface area contributed by atoms with Gasteiger partial charge in [-0.1, -0.05) is 26.7 Å². The van der Waals surface area contributed by atoms with Crippen LogP contribution in [0.25, 0.3) is 0 Å².